The molecule has 0 aromatic carbocycles. The molecule has 1 aliphatic rings. The first-order valence-corrected chi connectivity index (χ1v) is 5.07. The molecule has 0 bridgehead atoms. The van der Waals surface area contributed by atoms with Crippen LogP contribution >= 0.6 is 0 Å². The van der Waals surface area contributed by atoms with Gasteiger partial charge < -0.3 is 15.2 Å². The van der Waals surface area contributed by atoms with Gasteiger partial charge in [-0.1, -0.05) is 13.8 Å². The Hall–Kier alpha value is -0.120. The summed E-state index contributed by atoms with van der Waals surface area (Å²) in [7, 11) is 0. The third-order valence-corrected chi connectivity index (χ3v) is 2.33. The highest BCUT2D eigenvalue weighted by Crippen LogP contribution is 2.19. The van der Waals surface area contributed by atoms with Gasteiger partial charge in [0.15, 0.2) is 0 Å². The number of hydrogen-bond acceptors (Lipinski definition) is 3. The molecule has 0 aromatic rings. The molecule has 1 unspecified atom stereocenters. The molecule has 0 radical (unpaired) electrons. The first-order chi connectivity index (χ1) is 6.12. The first kappa shape index (κ1) is 11.0. The molecule has 1 saturated heterocycles. The van der Waals surface area contributed by atoms with Crippen molar-refractivity contribution >= 4 is 0 Å². The molecule has 1 rings (SSSR count). The molecule has 78 valence electrons. The van der Waals surface area contributed by atoms with Crippen molar-refractivity contribution in [2.24, 2.45) is 11.7 Å². The molecule has 2 N–H and O–H groups in total. The van der Waals surface area contributed by atoms with Gasteiger partial charge in [-0.15, -0.1) is 0 Å². The van der Waals surface area contributed by atoms with Gasteiger partial charge in [-0.3, -0.25) is 0 Å². The molecule has 0 saturated carbocycles. The molecule has 0 aromatic heterocycles. The van der Waals surface area contributed by atoms with Gasteiger partial charge in [-0.2, -0.15) is 0 Å². The van der Waals surface area contributed by atoms with Gasteiger partial charge >= 0.3 is 0 Å². The maximum absolute atomic E-state index is 6.07. The van der Waals surface area contributed by atoms with Crippen LogP contribution in [0, 0.1) is 5.92 Å². The highest BCUT2D eigenvalue weighted by molar-refractivity contribution is 4.87. The lowest BCUT2D eigenvalue weighted by molar-refractivity contribution is 0.0886. The van der Waals surface area contributed by atoms with Gasteiger partial charge in [0.05, 0.1) is 6.61 Å². The Labute approximate surface area is 80.6 Å². The Morgan fingerprint density at radius 1 is 1.54 bits per heavy atom. The van der Waals surface area contributed by atoms with Crippen LogP contribution in [0.2, 0.25) is 0 Å². The van der Waals surface area contributed by atoms with Crippen LogP contribution in [-0.4, -0.2) is 32.0 Å². The minimum absolute atomic E-state index is 0.114. The van der Waals surface area contributed by atoms with Crippen molar-refractivity contribution in [3.05, 3.63) is 0 Å². The van der Waals surface area contributed by atoms with Crippen LogP contribution < -0.4 is 5.73 Å². The van der Waals surface area contributed by atoms with Crippen molar-refractivity contribution in [3.8, 4) is 0 Å². The van der Waals surface area contributed by atoms with E-state index in [-0.39, 0.29) is 5.54 Å². The molecule has 1 atom stereocenters. The van der Waals surface area contributed by atoms with E-state index in [1.165, 1.54) is 0 Å². The lowest BCUT2D eigenvalue weighted by Gasteiger charge is -2.21. The molecule has 0 spiro atoms. The largest absolute Gasteiger partial charge is 0.381 e. The number of rotatable bonds is 5. The van der Waals surface area contributed by atoms with Crippen LogP contribution in [0.25, 0.3) is 0 Å². The maximum atomic E-state index is 6.07. The number of hydrogen-bond donors (Lipinski definition) is 1. The first-order valence-electron chi connectivity index (χ1n) is 5.07. The SMILES string of the molecule is CC(C)COCCC1(N)CCOC1. The summed E-state index contributed by atoms with van der Waals surface area (Å²) in [5.41, 5.74) is 5.96. The Bertz CT molecular complexity index is 142. The van der Waals surface area contributed by atoms with E-state index in [0.29, 0.717) is 12.5 Å². The predicted molar refractivity (Wildman–Crippen MR) is 52.6 cm³/mol. The molecule has 0 aliphatic carbocycles. The predicted octanol–water partition coefficient (Wildman–Crippen LogP) is 1.17. The molecule has 3 nitrogen and oxygen atoms in total. The summed E-state index contributed by atoms with van der Waals surface area (Å²) in [5.74, 6) is 0.605. The minimum Gasteiger partial charge on any atom is -0.381 e. The van der Waals surface area contributed by atoms with E-state index in [4.69, 9.17) is 15.2 Å². The fourth-order valence-corrected chi connectivity index (χ4v) is 1.41. The summed E-state index contributed by atoms with van der Waals surface area (Å²) in [4.78, 5) is 0. The third kappa shape index (κ3) is 4.07. The van der Waals surface area contributed by atoms with E-state index in [9.17, 15) is 0 Å². The summed E-state index contributed by atoms with van der Waals surface area (Å²) in [6.07, 6.45) is 1.89. The topological polar surface area (TPSA) is 44.5 Å². The van der Waals surface area contributed by atoms with Crippen LogP contribution in [0.4, 0.5) is 0 Å². The Kier molecular flexibility index (Phi) is 4.16. The second kappa shape index (κ2) is 4.94. The average molecular weight is 187 g/mol. The highest BCUT2D eigenvalue weighted by Gasteiger charge is 2.29. The van der Waals surface area contributed by atoms with Gasteiger partial charge in [0.1, 0.15) is 0 Å². The lowest BCUT2D eigenvalue weighted by Crippen LogP contribution is -2.41. The highest BCUT2D eigenvalue weighted by atomic mass is 16.5. The standard InChI is InChI=1S/C10H21NO2/c1-9(2)7-12-5-3-10(11)4-6-13-8-10/h9H,3-8,11H2,1-2H3. The summed E-state index contributed by atoms with van der Waals surface area (Å²) in [6.45, 7) is 7.39. The van der Waals surface area contributed by atoms with Crippen LogP contribution in [0.3, 0.4) is 0 Å². The van der Waals surface area contributed by atoms with E-state index in [1.807, 2.05) is 0 Å². The molecule has 0 amide bonds. The molecule has 1 fully saturated rings. The van der Waals surface area contributed by atoms with E-state index in [1.54, 1.807) is 0 Å². The van der Waals surface area contributed by atoms with Crippen LogP contribution in [0.5, 0.6) is 0 Å². The fraction of sp³-hybridized carbons (Fsp3) is 1.00. The van der Waals surface area contributed by atoms with Crippen LogP contribution in [0.15, 0.2) is 0 Å². The number of nitrogens with two attached hydrogens (primary N) is 1. The fourth-order valence-electron chi connectivity index (χ4n) is 1.41. The zero-order valence-corrected chi connectivity index (χ0v) is 8.71. The average Bonchev–Trinajstić information content (AvgIpc) is 2.47. The zero-order valence-electron chi connectivity index (χ0n) is 8.71. The molecule has 1 aliphatic heterocycles. The molecule has 13 heavy (non-hydrogen) atoms. The van der Waals surface area contributed by atoms with Crippen LogP contribution in [-0.2, 0) is 9.47 Å². The van der Waals surface area contributed by atoms with Gasteiger partial charge in [0.2, 0.25) is 0 Å². The molecule has 1 heterocycles. The Balaban J connectivity index is 2.04. The van der Waals surface area contributed by atoms with E-state index in [2.05, 4.69) is 13.8 Å². The summed E-state index contributed by atoms with van der Waals surface area (Å²) in [5, 5.41) is 0. The van der Waals surface area contributed by atoms with E-state index >= 15 is 0 Å². The third-order valence-electron chi connectivity index (χ3n) is 2.33. The second-order valence-electron chi connectivity index (χ2n) is 4.38. The summed E-state index contributed by atoms with van der Waals surface area (Å²) >= 11 is 0. The van der Waals surface area contributed by atoms with Gasteiger partial charge in [-0.05, 0) is 18.8 Å². The smallest absolute Gasteiger partial charge is 0.0647 e. The maximum Gasteiger partial charge on any atom is 0.0647 e. The Morgan fingerprint density at radius 2 is 2.31 bits per heavy atom. The number of ether oxygens (including phenoxy) is 2. The van der Waals surface area contributed by atoms with Crippen molar-refractivity contribution in [1.29, 1.82) is 0 Å². The van der Waals surface area contributed by atoms with Crippen molar-refractivity contribution in [3.63, 3.8) is 0 Å². The van der Waals surface area contributed by atoms with Gasteiger partial charge in [0, 0.05) is 25.4 Å². The van der Waals surface area contributed by atoms with Gasteiger partial charge in [-0.25, -0.2) is 0 Å². The van der Waals surface area contributed by atoms with E-state index < -0.39 is 0 Å². The lowest BCUT2D eigenvalue weighted by atomic mass is 9.97. The minimum atomic E-state index is -0.114. The van der Waals surface area contributed by atoms with Crippen molar-refractivity contribution in [1.82, 2.24) is 0 Å². The van der Waals surface area contributed by atoms with Crippen molar-refractivity contribution in [2.45, 2.75) is 32.2 Å². The van der Waals surface area contributed by atoms with Crippen LogP contribution in [0.1, 0.15) is 26.7 Å². The van der Waals surface area contributed by atoms with Gasteiger partial charge in [0.25, 0.3) is 0 Å². The molecule has 3 heteroatoms. The zero-order chi connectivity index (χ0) is 9.73. The molecular weight excluding hydrogens is 166 g/mol. The Morgan fingerprint density at radius 3 is 2.85 bits per heavy atom. The van der Waals surface area contributed by atoms with Crippen molar-refractivity contribution in [2.75, 3.05) is 26.4 Å². The molecular formula is C10H21NO2. The quantitative estimate of drug-likeness (QED) is 0.657. The van der Waals surface area contributed by atoms with Crippen molar-refractivity contribution < 1.29 is 9.47 Å². The second-order valence-corrected chi connectivity index (χ2v) is 4.38. The monoisotopic (exact) mass is 187 g/mol. The summed E-state index contributed by atoms with van der Waals surface area (Å²) in [6, 6.07) is 0. The normalized spacial score (nSPS) is 28.6. The summed E-state index contributed by atoms with van der Waals surface area (Å²) < 4.78 is 10.7. The van der Waals surface area contributed by atoms with E-state index in [0.717, 1.165) is 32.7 Å².